The van der Waals surface area contributed by atoms with E-state index in [2.05, 4.69) is 10.6 Å². The Morgan fingerprint density at radius 2 is 1.88 bits per heavy atom. The second-order valence-electron chi connectivity index (χ2n) is 5.27. The molecular formula is C18H19FN2O4. The molecule has 0 heterocycles. The van der Waals surface area contributed by atoms with Crippen LogP contribution >= 0.6 is 0 Å². The van der Waals surface area contributed by atoms with Crippen LogP contribution in [-0.4, -0.2) is 29.6 Å². The molecular weight excluding hydrogens is 327 g/mol. The minimum Gasteiger partial charge on any atom is -0.455 e. The van der Waals surface area contributed by atoms with E-state index in [-0.39, 0.29) is 18.0 Å². The fourth-order valence-corrected chi connectivity index (χ4v) is 2.01. The number of carbonyl (C=O) groups is 2. The maximum Gasteiger partial charge on any atom is 0.313 e. The number of rotatable bonds is 6. The smallest absolute Gasteiger partial charge is 0.313 e. The summed E-state index contributed by atoms with van der Waals surface area (Å²) < 4.78 is 19.1. The molecule has 1 unspecified atom stereocenters. The number of nitrogens with one attached hydrogen (secondary N) is 2. The number of carbonyl (C=O) groups excluding carboxylic acids is 2. The summed E-state index contributed by atoms with van der Waals surface area (Å²) in [4.78, 5) is 23.9. The molecule has 0 fully saturated rings. The maximum absolute atomic E-state index is 13.5. The van der Waals surface area contributed by atoms with Gasteiger partial charge in [0.25, 0.3) is 0 Å². The van der Waals surface area contributed by atoms with E-state index in [9.17, 15) is 14.0 Å². The van der Waals surface area contributed by atoms with Gasteiger partial charge in [-0.05, 0) is 30.7 Å². The molecule has 0 saturated heterocycles. The summed E-state index contributed by atoms with van der Waals surface area (Å²) in [6.45, 7) is 1.48. The van der Waals surface area contributed by atoms with Crippen molar-refractivity contribution in [3.05, 3.63) is 54.3 Å². The van der Waals surface area contributed by atoms with Crippen molar-refractivity contribution in [2.45, 2.75) is 19.4 Å². The van der Waals surface area contributed by atoms with Crippen molar-refractivity contribution in [1.29, 1.82) is 0 Å². The number of benzene rings is 2. The molecule has 0 aliphatic carbocycles. The van der Waals surface area contributed by atoms with Crippen LogP contribution in [0, 0.1) is 5.82 Å². The van der Waals surface area contributed by atoms with Crippen LogP contribution in [0.25, 0.3) is 0 Å². The minimum atomic E-state index is -0.976. The monoisotopic (exact) mass is 346 g/mol. The Morgan fingerprint density at radius 3 is 2.52 bits per heavy atom. The Kier molecular flexibility index (Phi) is 6.47. The molecule has 2 aromatic carbocycles. The predicted molar refractivity (Wildman–Crippen MR) is 90.9 cm³/mol. The molecule has 3 N–H and O–H groups in total. The molecule has 0 radical (unpaired) electrons. The average molecular weight is 346 g/mol. The zero-order valence-electron chi connectivity index (χ0n) is 13.7. The summed E-state index contributed by atoms with van der Waals surface area (Å²) in [6, 6.07) is 11.8. The van der Waals surface area contributed by atoms with Gasteiger partial charge < -0.3 is 20.5 Å². The van der Waals surface area contributed by atoms with Crippen molar-refractivity contribution < 1.29 is 23.8 Å². The first-order valence-corrected chi connectivity index (χ1v) is 7.78. The van der Waals surface area contributed by atoms with Gasteiger partial charge in [0.2, 0.25) is 0 Å². The Morgan fingerprint density at radius 1 is 1.16 bits per heavy atom. The molecule has 1 atom stereocenters. The van der Waals surface area contributed by atoms with Gasteiger partial charge in [0.05, 0.1) is 18.3 Å². The van der Waals surface area contributed by atoms with Crippen LogP contribution in [-0.2, 0) is 9.59 Å². The maximum atomic E-state index is 13.5. The molecule has 0 aliphatic rings. The van der Waals surface area contributed by atoms with Crippen molar-refractivity contribution in [1.82, 2.24) is 5.32 Å². The van der Waals surface area contributed by atoms with Crippen molar-refractivity contribution in [2.75, 3.05) is 11.9 Å². The van der Waals surface area contributed by atoms with Gasteiger partial charge in [0, 0.05) is 6.07 Å². The molecule has 2 amide bonds. The normalized spacial score (nSPS) is 11.5. The fraction of sp³-hybridized carbons (Fsp3) is 0.222. The number of halogens is 1. The number of aliphatic hydroxyl groups is 1. The standard InChI is InChI=1S/C18H19FN2O4/c1-2-13(11-22)20-17(23)18(24)21-15-10-12(19)8-9-16(15)25-14-6-4-3-5-7-14/h3-10,13,22H,2,11H2,1H3,(H,20,23)(H,21,24). The third-order valence-electron chi connectivity index (χ3n) is 3.42. The number of aliphatic hydroxyl groups excluding tert-OH is 1. The van der Waals surface area contributed by atoms with E-state index < -0.39 is 23.7 Å². The largest absolute Gasteiger partial charge is 0.455 e. The topological polar surface area (TPSA) is 87.7 Å². The van der Waals surface area contributed by atoms with Crippen LogP contribution in [0.5, 0.6) is 11.5 Å². The number of hydrogen-bond donors (Lipinski definition) is 3. The lowest BCUT2D eigenvalue weighted by Crippen LogP contribution is -2.43. The number of anilines is 1. The number of ether oxygens (including phenoxy) is 1. The zero-order valence-corrected chi connectivity index (χ0v) is 13.7. The van der Waals surface area contributed by atoms with Gasteiger partial charge in [0.15, 0.2) is 5.75 Å². The average Bonchev–Trinajstić information content (AvgIpc) is 2.62. The summed E-state index contributed by atoms with van der Waals surface area (Å²) in [7, 11) is 0. The molecule has 6 nitrogen and oxygen atoms in total. The highest BCUT2D eigenvalue weighted by atomic mass is 19.1. The fourth-order valence-electron chi connectivity index (χ4n) is 2.01. The van der Waals surface area contributed by atoms with Crippen LogP contribution in [0.4, 0.5) is 10.1 Å². The third kappa shape index (κ3) is 5.29. The van der Waals surface area contributed by atoms with Gasteiger partial charge in [0.1, 0.15) is 11.6 Å². The van der Waals surface area contributed by atoms with Crippen LogP contribution in [0.2, 0.25) is 0 Å². The van der Waals surface area contributed by atoms with Crippen LogP contribution in [0.3, 0.4) is 0 Å². The number of amides is 2. The highest BCUT2D eigenvalue weighted by Gasteiger charge is 2.19. The molecule has 132 valence electrons. The lowest BCUT2D eigenvalue weighted by Gasteiger charge is -2.15. The molecule has 2 aromatic rings. The second kappa shape index (κ2) is 8.79. The number of para-hydroxylation sites is 1. The van der Waals surface area contributed by atoms with Crippen LogP contribution in [0.15, 0.2) is 48.5 Å². The molecule has 2 rings (SSSR count). The highest BCUT2D eigenvalue weighted by Crippen LogP contribution is 2.30. The Bertz CT molecular complexity index is 733. The van der Waals surface area contributed by atoms with Gasteiger partial charge in [-0.2, -0.15) is 0 Å². The molecule has 0 spiro atoms. The number of hydrogen-bond acceptors (Lipinski definition) is 4. The predicted octanol–water partition coefficient (Wildman–Crippen LogP) is 2.44. The summed E-state index contributed by atoms with van der Waals surface area (Å²) in [5, 5.41) is 13.8. The molecule has 7 heteroatoms. The highest BCUT2D eigenvalue weighted by molar-refractivity contribution is 6.39. The Balaban J connectivity index is 2.14. The molecule has 0 aromatic heterocycles. The van der Waals surface area contributed by atoms with Gasteiger partial charge in [-0.15, -0.1) is 0 Å². The van der Waals surface area contributed by atoms with E-state index in [1.165, 1.54) is 12.1 Å². The quantitative estimate of drug-likeness (QED) is 0.701. The lowest BCUT2D eigenvalue weighted by molar-refractivity contribution is -0.136. The summed E-state index contributed by atoms with van der Waals surface area (Å²) in [5.41, 5.74) is 0.0288. The van der Waals surface area contributed by atoms with Gasteiger partial charge in [-0.25, -0.2) is 4.39 Å². The van der Waals surface area contributed by atoms with E-state index in [0.717, 1.165) is 6.07 Å². The van der Waals surface area contributed by atoms with E-state index >= 15 is 0 Å². The van der Waals surface area contributed by atoms with E-state index in [0.29, 0.717) is 12.2 Å². The SMILES string of the molecule is CCC(CO)NC(=O)C(=O)Nc1cc(F)ccc1Oc1ccccc1. The Hall–Kier alpha value is -2.93. The second-order valence-corrected chi connectivity index (χ2v) is 5.27. The summed E-state index contributed by atoms with van der Waals surface area (Å²) in [5.74, 6) is -1.78. The zero-order chi connectivity index (χ0) is 18.2. The molecule has 25 heavy (non-hydrogen) atoms. The molecule has 0 bridgehead atoms. The van der Waals surface area contributed by atoms with E-state index in [4.69, 9.17) is 9.84 Å². The van der Waals surface area contributed by atoms with Crippen LogP contribution in [0.1, 0.15) is 13.3 Å². The van der Waals surface area contributed by atoms with Crippen molar-refractivity contribution in [3.63, 3.8) is 0 Å². The lowest BCUT2D eigenvalue weighted by atomic mass is 10.2. The van der Waals surface area contributed by atoms with Crippen molar-refractivity contribution >= 4 is 17.5 Å². The first-order chi connectivity index (χ1) is 12.0. The van der Waals surface area contributed by atoms with E-state index in [1.807, 2.05) is 6.07 Å². The first kappa shape index (κ1) is 18.4. The van der Waals surface area contributed by atoms with Gasteiger partial charge in [-0.3, -0.25) is 9.59 Å². The molecule has 0 saturated carbocycles. The first-order valence-electron chi connectivity index (χ1n) is 7.78. The summed E-state index contributed by atoms with van der Waals surface area (Å²) in [6.07, 6.45) is 0.470. The van der Waals surface area contributed by atoms with E-state index in [1.54, 1.807) is 31.2 Å². The molecule has 0 aliphatic heterocycles. The third-order valence-corrected chi connectivity index (χ3v) is 3.42. The Labute approximate surface area is 144 Å². The van der Waals surface area contributed by atoms with Crippen molar-refractivity contribution in [3.8, 4) is 11.5 Å². The summed E-state index contributed by atoms with van der Waals surface area (Å²) >= 11 is 0. The van der Waals surface area contributed by atoms with Gasteiger partial charge >= 0.3 is 11.8 Å². The van der Waals surface area contributed by atoms with Gasteiger partial charge in [-0.1, -0.05) is 25.1 Å². The van der Waals surface area contributed by atoms with Crippen LogP contribution < -0.4 is 15.4 Å². The van der Waals surface area contributed by atoms with Crippen molar-refractivity contribution in [2.24, 2.45) is 0 Å². The minimum absolute atomic E-state index is 0.0288.